The van der Waals surface area contributed by atoms with E-state index < -0.39 is 11.0 Å². The van der Waals surface area contributed by atoms with Crippen molar-refractivity contribution >= 4 is 17.5 Å². The molecule has 0 spiro atoms. The van der Waals surface area contributed by atoms with Crippen LogP contribution in [0.15, 0.2) is 24.3 Å². The third-order valence-electron chi connectivity index (χ3n) is 3.59. The van der Waals surface area contributed by atoms with Crippen LogP contribution in [0.4, 0.5) is 16.2 Å². The lowest BCUT2D eigenvalue weighted by Gasteiger charge is -2.28. The first kappa shape index (κ1) is 14.3. The van der Waals surface area contributed by atoms with E-state index in [-0.39, 0.29) is 11.8 Å². The third-order valence-corrected chi connectivity index (χ3v) is 3.59. The summed E-state index contributed by atoms with van der Waals surface area (Å²) in [6.45, 7) is 2.07. The number of carbonyl (C=O) groups is 1. The van der Waals surface area contributed by atoms with E-state index in [4.69, 9.17) is 4.74 Å². The minimum absolute atomic E-state index is 0.0613. The van der Waals surface area contributed by atoms with Crippen LogP contribution < -0.4 is 5.32 Å². The molecule has 1 aliphatic rings. The first-order chi connectivity index (χ1) is 9.56. The van der Waals surface area contributed by atoms with Crippen molar-refractivity contribution in [3.05, 3.63) is 34.4 Å². The van der Waals surface area contributed by atoms with Crippen LogP contribution in [-0.4, -0.2) is 17.1 Å². The minimum Gasteiger partial charge on any atom is -0.446 e. The van der Waals surface area contributed by atoms with Crippen LogP contribution in [0.25, 0.3) is 0 Å². The SMILES string of the molecule is CC1CCCCC1OC(=O)Nc1cccc([N+](=O)[O-])c1. The molecule has 1 aliphatic carbocycles. The molecule has 0 saturated heterocycles. The summed E-state index contributed by atoms with van der Waals surface area (Å²) >= 11 is 0. The Kier molecular flexibility index (Phi) is 4.55. The first-order valence-electron chi connectivity index (χ1n) is 6.78. The molecule has 6 nitrogen and oxygen atoms in total. The molecule has 2 atom stereocenters. The van der Waals surface area contributed by atoms with Crippen LogP contribution in [0.5, 0.6) is 0 Å². The van der Waals surface area contributed by atoms with Gasteiger partial charge in [-0.05, 0) is 31.2 Å². The van der Waals surface area contributed by atoms with Crippen molar-refractivity contribution in [2.24, 2.45) is 5.92 Å². The van der Waals surface area contributed by atoms with E-state index in [0.717, 1.165) is 19.3 Å². The molecule has 1 N–H and O–H groups in total. The van der Waals surface area contributed by atoms with Crippen molar-refractivity contribution in [1.29, 1.82) is 0 Å². The van der Waals surface area contributed by atoms with Crippen LogP contribution in [0.2, 0.25) is 0 Å². The summed E-state index contributed by atoms with van der Waals surface area (Å²) < 4.78 is 5.39. The lowest BCUT2D eigenvalue weighted by atomic mass is 9.88. The third kappa shape index (κ3) is 3.69. The topological polar surface area (TPSA) is 81.5 Å². The number of ether oxygens (including phenoxy) is 1. The molecule has 20 heavy (non-hydrogen) atoms. The van der Waals surface area contributed by atoms with Crippen LogP contribution in [0.3, 0.4) is 0 Å². The summed E-state index contributed by atoms with van der Waals surface area (Å²) in [5.74, 6) is 0.361. The highest BCUT2D eigenvalue weighted by molar-refractivity contribution is 5.85. The van der Waals surface area contributed by atoms with Crippen LogP contribution in [0, 0.1) is 16.0 Å². The van der Waals surface area contributed by atoms with E-state index in [9.17, 15) is 14.9 Å². The summed E-state index contributed by atoms with van der Waals surface area (Å²) in [4.78, 5) is 22.0. The normalized spacial score (nSPS) is 22.1. The molecule has 1 aromatic carbocycles. The van der Waals surface area contributed by atoms with E-state index in [1.54, 1.807) is 6.07 Å². The van der Waals surface area contributed by atoms with E-state index in [2.05, 4.69) is 12.2 Å². The molecule has 0 bridgehead atoms. The summed E-state index contributed by atoms with van der Waals surface area (Å²) in [6, 6.07) is 5.81. The Balaban J connectivity index is 1.94. The highest BCUT2D eigenvalue weighted by Crippen LogP contribution is 2.26. The number of nitrogens with one attached hydrogen (secondary N) is 1. The number of benzene rings is 1. The standard InChI is InChI=1S/C14H18N2O4/c1-10-5-2-3-8-13(10)20-14(17)15-11-6-4-7-12(9-11)16(18)19/h4,6-7,9-10,13H,2-3,5,8H2,1H3,(H,15,17). The number of rotatable bonds is 3. The number of nitro benzene ring substituents is 1. The van der Waals surface area contributed by atoms with E-state index in [1.807, 2.05) is 0 Å². The predicted molar refractivity (Wildman–Crippen MR) is 74.6 cm³/mol. The Labute approximate surface area is 117 Å². The number of carbonyl (C=O) groups excluding carboxylic acids is 1. The lowest BCUT2D eigenvalue weighted by molar-refractivity contribution is -0.384. The molecule has 0 heterocycles. The summed E-state index contributed by atoms with van der Waals surface area (Å²) in [5.41, 5.74) is 0.307. The van der Waals surface area contributed by atoms with Gasteiger partial charge in [-0.2, -0.15) is 0 Å². The van der Waals surface area contributed by atoms with Gasteiger partial charge in [-0.3, -0.25) is 15.4 Å². The van der Waals surface area contributed by atoms with Crippen molar-refractivity contribution in [2.45, 2.75) is 38.7 Å². The fraction of sp³-hybridized carbons (Fsp3) is 0.500. The fourth-order valence-corrected chi connectivity index (χ4v) is 2.44. The Hall–Kier alpha value is -2.11. The summed E-state index contributed by atoms with van der Waals surface area (Å²) in [5, 5.41) is 13.2. The van der Waals surface area contributed by atoms with Gasteiger partial charge in [-0.15, -0.1) is 0 Å². The first-order valence-corrected chi connectivity index (χ1v) is 6.78. The molecule has 1 fully saturated rings. The Morgan fingerprint density at radius 3 is 2.85 bits per heavy atom. The Morgan fingerprint density at radius 1 is 1.40 bits per heavy atom. The molecule has 0 radical (unpaired) electrons. The Morgan fingerprint density at radius 2 is 2.15 bits per heavy atom. The predicted octanol–water partition coefficient (Wildman–Crippen LogP) is 3.72. The number of nitrogens with zero attached hydrogens (tertiary/aromatic N) is 1. The average Bonchev–Trinajstić information content (AvgIpc) is 2.41. The quantitative estimate of drug-likeness (QED) is 0.674. The second-order valence-corrected chi connectivity index (χ2v) is 5.14. The molecular formula is C14H18N2O4. The average molecular weight is 278 g/mol. The maximum Gasteiger partial charge on any atom is 0.411 e. The fourth-order valence-electron chi connectivity index (χ4n) is 2.44. The van der Waals surface area contributed by atoms with Gasteiger partial charge in [-0.25, -0.2) is 4.79 Å². The molecule has 1 amide bonds. The van der Waals surface area contributed by atoms with Gasteiger partial charge in [-0.1, -0.05) is 19.4 Å². The van der Waals surface area contributed by atoms with Gasteiger partial charge in [0.1, 0.15) is 6.10 Å². The number of anilines is 1. The molecule has 2 unspecified atom stereocenters. The number of nitro groups is 1. The second kappa shape index (κ2) is 6.36. The van der Waals surface area contributed by atoms with Gasteiger partial charge in [0.25, 0.3) is 5.69 Å². The zero-order valence-corrected chi connectivity index (χ0v) is 11.4. The van der Waals surface area contributed by atoms with Gasteiger partial charge >= 0.3 is 6.09 Å². The molecule has 2 rings (SSSR count). The van der Waals surface area contributed by atoms with Gasteiger partial charge in [0, 0.05) is 12.1 Å². The van der Waals surface area contributed by atoms with Crippen LogP contribution in [0.1, 0.15) is 32.6 Å². The number of amides is 1. The van der Waals surface area contributed by atoms with Crippen molar-refractivity contribution in [3.63, 3.8) is 0 Å². The van der Waals surface area contributed by atoms with Crippen molar-refractivity contribution in [2.75, 3.05) is 5.32 Å². The molecule has 0 aliphatic heterocycles. The molecular weight excluding hydrogens is 260 g/mol. The zero-order valence-electron chi connectivity index (χ0n) is 11.4. The highest BCUT2D eigenvalue weighted by atomic mass is 16.6. The van der Waals surface area contributed by atoms with E-state index in [1.165, 1.54) is 24.6 Å². The maximum absolute atomic E-state index is 11.8. The van der Waals surface area contributed by atoms with E-state index in [0.29, 0.717) is 11.6 Å². The monoisotopic (exact) mass is 278 g/mol. The van der Waals surface area contributed by atoms with Gasteiger partial charge in [0.2, 0.25) is 0 Å². The van der Waals surface area contributed by atoms with Crippen molar-refractivity contribution < 1.29 is 14.5 Å². The van der Waals surface area contributed by atoms with Gasteiger partial charge in [0.05, 0.1) is 10.6 Å². The summed E-state index contributed by atoms with van der Waals surface area (Å²) in [6.07, 6.45) is 3.57. The largest absolute Gasteiger partial charge is 0.446 e. The minimum atomic E-state index is -0.552. The van der Waals surface area contributed by atoms with Gasteiger partial charge in [0.15, 0.2) is 0 Å². The van der Waals surface area contributed by atoms with Crippen LogP contribution in [-0.2, 0) is 4.74 Å². The van der Waals surface area contributed by atoms with Crippen molar-refractivity contribution in [3.8, 4) is 0 Å². The molecule has 0 aromatic heterocycles. The lowest BCUT2D eigenvalue weighted by Crippen LogP contribution is -2.30. The highest BCUT2D eigenvalue weighted by Gasteiger charge is 2.24. The second-order valence-electron chi connectivity index (χ2n) is 5.14. The number of non-ortho nitro benzene ring substituents is 1. The number of hydrogen-bond donors (Lipinski definition) is 1. The van der Waals surface area contributed by atoms with Crippen LogP contribution >= 0.6 is 0 Å². The van der Waals surface area contributed by atoms with E-state index >= 15 is 0 Å². The smallest absolute Gasteiger partial charge is 0.411 e. The maximum atomic E-state index is 11.8. The molecule has 1 aromatic rings. The summed E-state index contributed by atoms with van der Waals surface area (Å²) in [7, 11) is 0. The van der Waals surface area contributed by atoms with Crippen molar-refractivity contribution in [1.82, 2.24) is 0 Å². The molecule has 108 valence electrons. The molecule has 1 saturated carbocycles. The van der Waals surface area contributed by atoms with Gasteiger partial charge < -0.3 is 4.74 Å². The zero-order chi connectivity index (χ0) is 14.5. The Bertz CT molecular complexity index is 504. The molecule has 6 heteroatoms. The number of hydrogen-bond acceptors (Lipinski definition) is 4.